The molecule has 0 saturated heterocycles. The van der Waals surface area contributed by atoms with Crippen LogP contribution in [0.25, 0.3) is 0 Å². The first-order chi connectivity index (χ1) is 11.3. The predicted octanol–water partition coefficient (Wildman–Crippen LogP) is 1.48. The van der Waals surface area contributed by atoms with Gasteiger partial charge in [-0.25, -0.2) is 13.1 Å². The molecular formula is C16H29IN4O3S. The summed E-state index contributed by atoms with van der Waals surface area (Å²) in [6.45, 7) is 5.64. The molecule has 1 rings (SSSR count). The van der Waals surface area contributed by atoms with Gasteiger partial charge in [-0.1, -0.05) is 12.1 Å². The highest BCUT2D eigenvalue weighted by Gasteiger charge is 2.06. The number of aryl methyl sites for hydroxylation is 1. The Bertz CT molecular complexity index is 638. The third-order valence-corrected chi connectivity index (χ3v) is 3.85. The van der Waals surface area contributed by atoms with E-state index in [9.17, 15) is 8.42 Å². The minimum absolute atomic E-state index is 0. The van der Waals surface area contributed by atoms with E-state index in [0.29, 0.717) is 32.0 Å². The summed E-state index contributed by atoms with van der Waals surface area (Å²) in [7, 11) is -1.43. The summed E-state index contributed by atoms with van der Waals surface area (Å²) in [5, 5.41) is 6.32. The maximum absolute atomic E-state index is 11.0. The topological polar surface area (TPSA) is 91.8 Å². The quantitative estimate of drug-likeness (QED) is 0.214. The number of benzene rings is 1. The number of aliphatic imine (C=N–C) groups is 1. The van der Waals surface area contributed by atoms with Gasteiger partial charge in [0.15, 0.2) is 5.96 Å². The molecule has 0 aliphatic heterocycles. The highest BCUT2D eigenvalue weighted by atomic mass is 127. The monoisotopic (exact) mass is 484 g/mol. The molecule has 0 heterocycles. The Kier molecular flexibility index (Phi) is 11.8. The molecule has 1 unspecified atom stereocenters. The summed E-state index contributed by atoms with van der Waals surface area (Å²) >= 11 is 0. The highest BCUT2D eigenvalue weighted by Crippen LogP contribution is 2.13. The first-order valence-electron chi connectivity index (χ1n) is 7.92. The van der Waals surface area contributed by atoms with Crippen molar-refractivity contribution in [2.75, 3.05) is 32.9 Å². The van der Waals surface area contributed by atoms with E-state index in [1.165, 1.54) is 0 Å². The van der Waals surface area contributed by atoms with Gasteiger partial charge in [0.2, 0.25) is 10.0 Å². The first kappa shape index (κ1) is 23.9. The van der Waals surface area contributed by atoms with Crippen LogP contribution in [0.2, 0.25) is 0 Å². The Labute approximate surface area is 168 Å². The molecule has 25 heavy (non-hydrogen) atoms. The van der Waals surface area contributed by atoms with Crippen molar-refractivity contribution >= 4 is 40.0 Å². The number of nitrogens with zero attached hydrogens (tertiary/aromatic N) is 1. The standard InChI is InChI=1S/C16H28N4O3S.HI/c1-13-7-5-8-15(11-13)23-14(2)12-19-16(17-3)18-9-6-10-20-24(4,21)22;/h5,7-8,11,14,20H,6,9-10,12H2,1-4H3,(H2,17,18,19);1H. The summed E-state index contributed by atoms with van der Waals surface area (Å²) in [6.07, 6.45) is 1.80. The van der Waals surface area contributed by atoms with Crippen molar-refractivity contribution in [1.29, 1.82) is 0 Å². The lowest BCUT2D eigenvalue weighted by Crippen LogP contribution is -2.42. The van der Waals surface area contributed by atoms with Crippen LogP contribution in [0, 0.1) is 6.92 Å². The molecule has 0 amide bonds. The van der Waals surface area contributed by atoms with E-state index in [1.54, 1.807) is 7.05 Å². The van der Waals surface area contributed by atoms with E-state index in [2.05, 4.69) is 20.3 Å². The van der Waals surface area contributed by atoms with E-state index in [0.717, 1.165) is 17.6 Å². The fourth-order valence-electron chi connectivity index (χ4n) is 1.98. The van der Waals surface area contributed by atoms with Crippen molar-refractivity contribution in [3.63, 3.8) is 0 Å². The van der Waals surface area contributed by atoms with E-state index in [1.807, 2.05) is 38.1 Å². The molecule has 0 bridgehead atoms. The summed E-state index contributed by atoms with van der Waals surface area (Å²) < 4.78 is 30.2. The van der Waals surface area contributed by atoms with Crippen LogP contribution in [0.5, 0.6) is 5.75 Å². The van der Waals surface area contributed by atoms with Crippen molar-refractivity contribution in [2.45, 2.75) is 26.4 Å². The van der Waals surface area contributed by atoms with Crippen LogP contribution < -0.4 is 20.1 Å². The van der Waals surface area contributed by atoms with Crippen LogP contribution >= 0.6 is 24.0 Å². The van der Waals surface area contributed by atoms with Gasteiger partial charge in [0.1, 0.15) is 11.9 Å². The van der Waals surface area contributed by atoms with Gasteiger partial charge in [0, 0.05) is 20.1 Å². The number of nitrogens with one attached hydrogen (secondary N) is 3. The van der Waals surface area contributed by atoms with Gasteiger partial charge in [0.25, 0.3) is 0 Å². The molecule has 0 spiro atoms. The molecule has 1 aromatic rings. The zero-order valence-electron chi connectivity index (χ0n) is 15.2. The Morgan fingerprint density at radius 3 is 2.60 bits per heavy atom. The molecule has 3 N–H and O–H groups in total. The summed E-state index contributed by atoms with van der Waals surface area (Å²) in [5.41, 5.74) is 1.16. The van der Waals surface area contributed by atoms with Crippen LogP contribution in [-0.2, 0) is 10.0 Å². The SMILES string of the molecule is CN=C(NCCCNS(C)(=O)=O)NCC(C)Oc1cccc(C)c1.I. The maximum atomic E-state index is 11.0. The molecular weight excluding hydrogens is 455 g/mol. The van der Waals surface area contributed by atoms with Crippen LogP contribution in [-0.4, -0.2) is 53.4 Å². The average molecular weight is 484 g/mol. The van der Waals surface area contributed by atoms with Gasteiger partial charge in [-0.3, -0.25) is 4.99 Å². The molecule has 0 saturated carbocycles. The number of halogens is 1. The fourth-order valence-corrected chi connectivity index (χ4v) is 2.49. The fraction of sp³-hybridized carbons (Fsp3) is 0.562. The minimum atomic E-state index is -3.12. The Balaban J connectivity index is 0.00000576. The molecule has 1 aromatic carbocycles. The zero-order valence-corrected chi connectivity index (χ0v) is 18.4. The van der Waals surface area contributed by atoms with Gasteiger partial charge in [-0.05, 0) is 38.0 Å². The second-order valence-electron chi connectivity index (χ2n) is 5.64. The zero-order chi connectivity index (χ0) is 18.0. The third-order valence-electron chi connectivity index (χ3n) is 3.12. The Morgan fingerprint density at radius 1 is 1.28 bits per heavy atom. The number of guanidine groups is 1. The molecule has 0 radical (unpaired) electrons. The Morgan fingerprint density at radius 2 is 2.00 bits per heavy atom. The van der Waals surface area contributed by atoms with E-state index < -0.39 is 10.0 Å². The van der Waals surface area contributed by atoms with E-state index in [-0.39, 0.29) is 30.1 Å². The highest BCUT2D eigenvalue weighted by molar-refractivity contribution is 14.0. The molecule has 0 aliphatic rings. The number of rotatable bonds is 9. The largest absolute Gasteiger partial charge is 0.489 e. The molecule has 0 fully saturated rings. The van der Waals surface area contributed by atoms with Crippen LogP contribution in [0.4, 0.5) is 0 Å². The van der Waals surface area contributed by atoms with Gasteiger partial charge in [-0.2, -0.15) is 0 Å². The normalized spacial score (nSPS) is 12.9. The van der Waals surface area contributed by atoms with Crippen LogP contribution in [0.1, 0.15) is 18.9 Å². The number of sulfonamides is 1. The van der Waals surface area contributed by atoms with E-state index in [4.69, 9.17) is 4.74 Å². The second kappa shape index (κ2) is 12.3. The van der Waals surface area contributed by atoms with Gasteiger partial charge >= 0.3 is 0 Å². The summed E-state index contributed by atoms with van der Waals surface area (Å²) in [5.74, 6) is 1.51. The second-order valence-corrected chi connectivity index (χ2v) is 7.48. The first-order valence-corrected chi connectivity index (χ1v) is 9.82. The van der Waals surface area contributed by atoms with Gasteiger partial charge < -0.3 is 15.4 Å². The van der Waals surface area contributed by atoms with Gasteiger partial charge in [-0.15, -0.1) is 24.0 Å². The van der Waals surface area contributed by atoms with Crippen molar-refractivity contribution in [3.8, 4) is 5.75 Å². The molecule has 9 heteroatoms. The van der Waals surface area contributed by atoms with Crippen molar-refractivity contribution in [3.05, 3.63) is 29.8 Å². The van der Waals surface area contributed by atoms with Crippen LogP contribution in [0.3, 0.4) is 0 Å². The van der Waals surface area contributed by atoms with Gasteiger partial charge in [0.05, 0.1) is 12.8 Å². The van der Waals surface area contributed by atoms with Crippen molar-refractivity contribution in [2.24, 2.45) is 4.99 Å². The molecule has 0 aliphatic carbocycles. The average Bonchev–Trinajstić information content (AvgIpc) is 2.49. The minimum Gasteiger partial charge on any atom is -0.489 e. The molecule has 144 valence electrons. The van der Waals surface area contributed by atoms with Crippen molar-refractivity contribution in [1.82, 2.24) is 15.4 Å². The lowest BCUT2D eigenvalue weighted by Gasteiger charge is -2.18. The summed E-state index contributed by atoms with van der Waals surface area (Å²) in [4.78, 5) is 4.13. The predicted molar refractivity (Wildman–Crippen MR) is 114 cm³/mol. The molecule has 7 nitrogen and oxygen atoms in total. The number of ether oxygens (including phenoxy) is 1. The lowest BCUT2D eigenvalue weighted by atomic mass is 10.2. The third kappa shape index (κ3) is 12.0. The van der Waals surface area contributed by atoms with Crippen molar-refractivity contribution < 1.29 is 13.2 Å². The lowest BCUT2D eigenvalue weighted by molar-refractivity contribution is 0.223. The molecule has 1 atom stereocenters. The van der Waals surface area contributed by atoms with E-state index >= 15 is 0 Å². The van der Waals surface area contributed by atoms with Crippen LogP contribution in [0.15, 0.2) is 29.3 Å². The Hall–Kier alpha value is -1.07. The molecule has 0 aromatic heterocycles. The number of hydrogen-bond donors (Lipinski definition) is 3. The maximum Gasteiger partial charge on any atom is 0.208 e. The summed E-state index contributed by atoms with van der Waals surface area (Å²) in [6, 6.07) is 7.93. The smallest absolute Gasteiger partial charge is 0.208 e. The number of hydrogen-bond acceptors (Lipinski definition) is 4.